The molecule has 0 bridgehead atoms. The molecule has 2 aromatic carbocycles. The van der Waals surface area contributed by atoms with E-state index in [1.54, 1.807) is 24.3 Å². The quantitative estimate of drug-likeness (QED) is 0.757. The van der Waals surface area contributed by atoms with Crippen LogP contribution in [0.1, 0.15) is 15.9 Å². The first-order valence-corrected chi connectivity index (χ1v) is 8.52. The molecule has 2 N–H and O–H groups in total. The molecular weight excluding hydrogens is 328 g/mol. The molecule has 1 aliphatic rings. The van der Waals surface area contributed by atoms with E-state index in [0.29, 0.717) is 0 Å². The van der Waals surface area contributed by atoms with Crippen molar-refractivity contribution in [1.29, 1.82) is 0 Å². The summed E-state index contributed by atoms with van der Waals surface area (Å²) in [6, 6.07) is 15.1. The van der Waals surface area contributed by atoms with Gasteiger partial charge in [-0.2, -0.15) is 5.10 Å². The fourth-order valence-corrected chi connectivity index (χ4v) is 3.27. The van der Waals surface area contributed by atoms with Crippen molar-refractivity contribution in [2.45, 2.75) is 6.42 Å². The minimum absolute atomic E-state index is 0.268. The van der Waals surface area contributed by atoms with Gasteiger partial charge in [0.2, 0.25) is 0 Å². The first-order valence-electron chi connectivity index (χ1n) is 8.52. The lowest BCUT2D eigenvalue weighted by Crippen LogP contribution is -2.08. The van der Waals surface area contributed by atoms with Gasteiger partial charge >= 0.3 is 5.97 Å². The standard InChI is InChI=1S/C20H20N4O2/c1-23(2)16-5-3-4-14(12-16)18-17-10-11-21-19(17)24(22-18)15-8-6-13(7-9-15)20(25)26/h3-9,12,21H,10-11H2,1-2H3,(H,25,26). The Balaban J connectivity index is 1.80. The third-order valence-electron chi connectivity index (χ3n) is 4.65. The first-order chi connectivity index (χ1) is 12.5. The van der Waals surface area contributed by atoms with Crippen LogP contribution in [0.4, 0.5) is 11.5 Å². The number of carboxylic acid groups (broad SMARTS) is 1. The van der Waals surface area contributed by atoms with Crippen LogP contribution in [0.3, 0.4) is 0 Å². The first kappa shape index (κ1) is 16.2. The summed E-state index contributed by atoms with van der Waals surface area (Å²) in [5.74, 6) is 0.0555. The van der Waals surface area contributed by atoms with Crippen LogP contribution in [0, 0.1) is 0 Å². The van der Waals surface area contributed by atoms with Gasteiger partial charge in [-0.3, -0.25) is 0 Å². The highest BCUT2D eigenvalue weighted by atomic mass is 16.4. The van der Waals surface area contributed by atoms with E-state index in [0.717, 1.165) is 41.4 Å². The molecule has 132 valence electrons. The van der Waals surface area contributed by atoms with Gasteiger partial charge in [-0.15, -0.1) is 0 Å². The number of aromatic nitrogens is 2. The van der Waals surface area contributed by atoms with Crippen molar-refractivity contribution < 1.29 is 9.90 Å². The predicted molar refractivity (Wildman–Crippen MR) is 102 cm³/mol. The lowest BCUT2D eigenvalue weighted by Gasteiger charge is -2.13. The molecular formula is C20H20N4O2. The lowest BCUT2D eigenvalue weighted by molar-refractivity contribution is 0.0697. The summed E-state index contributed by atoms with van der Waals surface area (Å²) in [6.07, 6.45) is 0.921. The number of benzene rings is 2. The molecule has 1 aromatic heterocycles. The van der Waals surface area contributed by atoms with Gasteiger partial charge in [0.1, 0.15) is 5.82 Å². The van der Waals surface area contributed by atoms with Crippen molar-refractivity contribution in [2.75, 3.05) is 30.9 Å². The molecule has 6 nitrogen and oxygen atoms in total. The number of carboxylic acids is 1. The van der Waals surface area contributed by atoms with Gasteiger partial charge < -0.3 is 15.3 Å². The summed E-state index contributed by atoms with van der Waals surface area (Å²) < 4.78 is 1.87. The molecule has 4 rings (SSSR count). The molecule has 0 amide bonds. The number of nitrogens with one attached hydrogen (secondary N) is 1. The minimum Gasteiger partial charge on any atom is -0.478 e. The van der Waals surface area contributed by atoms with Gasteiger partial charge in [0.25, 0.3) is 0 Å². The Labute approximate surface area is 151 Å². The zero-order valence-corrected chi connectivity index (χ0v) is 14.7. The molecule has 0 atom stereocenters. The molecule has 0 spiro atoms. The lowest BCUT2D eigenvalue weighted by atomic mass is 10.1. The fourth-order valence-electron chi connectivity index (χ4n) is 3.27. The van der Waals surface area contributed by atoms with Crippen LogP contribution in [-0.4, -0.2) is 41.5 Å². The Morgan fingerprint density at radius 2 is 1.96 bits per heavy atom. The molecule has 2 heterocycles. The van der Waals surface area contributed by atoms with Crippen molar-refractivity contribution in [1.82, 2.24) is 9.78 Å². The molecule has 0 unspecified atom stereocenters. The Kier molecular flexibility index (Phi) is 3.88. The van der Waals surface area contributed by atoms with E-state index < -0.39 is 5.97 Å². The summed E-state index contributed by atoms with van der Waals surface area (Å²) in [5, 5.41) is 17.3. The number of rotatable bonds is 4. The predicted octanol–water partition coefficient (Wildman–Crippen LogP) is 3.27. The topological polar surface area (TPSA) is 70.4 Å². The van der Waals surface area contributed by atoms with Gasteiger partial charge in [-0.05, 0) is 42.8 Å². The van der Waals surface area contributed by atoms with Crippen LogP contribution < -0.4 is 10.2 Å². The van der Waals surface area contributed by atoms with Crippen LogP contribution in [0.25, 0.3) is 16.9 Å². The van der Waals surface area contributed by atoms with Gasteiger partial charge in [-0.1, -0.05) is 12.1 Å². The number of fused-ring (bicyclic) bond motifs is 1. The highest BCUT2D eigenvalue weighted by Crippen LogP contribution is 2.35. The van der Waals surface area contributed by atoms with E-state index in [2.05, 4.69) is 28.4 Å². The van der Waals surface area contributed by atoms with Gasteiger partial charge in [0, 0.05) is 37.5 Å². The average molecular weight is 348 g/mol. The summed E-state index contributed by atoms with van der Waals surface area (Å²) in [6.45, 7) is 0.876. The number of nitrogens with zero attached hydrogens (tertiary/aromatic N) is 3. The smallest absolute Gasteiger partial charge is 0.335 e. The highest BCUT2D eigenvalue weighted by Gasteiger charge is 2.24. The van der Waals surface area contributed by atoms with E-state index >= 15 is 0 Å². The second kappa shape index (κ2) is 6.22. The third kappa shape index (κ3) is 2.69. The van der Waals surface area contributed by atoms with Crippen molar-refractivity contribution in [3.05, 3.63) is 59.7 Å². The van der Waals surface area contributed by atoms with E-state index in [1.807, 2.05) is 24.8 Å². The maximum absolute atomic E-state index is 11.1. The van der Waals surface area contributed by atoms with E-state index in [9.17, 15) is 4.79 Å². The number of carbonyl (C=O) groups is 1. The SMILES string of the molecule is CN(C)c1cccc(-c2nn(-c3ccc(C(=O)O)cc3)c3c2CCN3)c1. The van der Waals surface area contributed by atoms with Crippen LogP contribution in [0.2, 0.25) is 0 Å². The number of anilines is 2. The number of hydrogen-bond acceptors (Lipinski definition) is 4. The van der Waals surface area contributed by atoms with E-state index in [4.69, 9.17) is 10.2 Å². The van der Waals surface area contributed by atoms with Crippen molar-refractivity contribution in [3.8, 4) is 16.9 Å². The van der Waals surface area contributed by atoms with Gasteiger partial charge in [0.05, 0.1) is 16.9 Å². The number of hydrogen-bond donors (Lipinski definition) is 2. The van der Waals surface area contributed by atoms with Gasteiger partial charge in [0.15, 0.2) is 0 Å². The zero-order valence-electron chi connectivity index (χ0n) is 14.7. The average Bonchev–Trinajstić information content (AvgIpc) is 3.24. The van der Waals surface area contributed by atoms with Crippen LogP contribution in [-0.2, 0) is 6.42 Å². The summed E-state index contributed by atoms with van der Waals surface area (Å²) in [7, 11) is 4.04. The maximum Gasteiger partial charge on any atom is 0.335 e. The monoisotopic (exact) mass is 348 g/mol. The third-order valence-corrected chi connectivity index (χ3v) is 4.65. The maximum atomic E-state index is 11.1. The summed E-state index contributed by atoms with van der Waals surface area (Å²) in [4.78, 5) is 13.1. The van der Waals surface area contributed by atoms with E-state index in [1.165, 1.54) is 5.56 Å². The Morgan fingerprint density at radius 3 is 2.65 bits per heavy atom. The normalized spacial score (nSPS) is 12.5. The molecule has 26 heavy (non-hydrogen) atoms. The van der Waals surface area contributed by atoms with Crippen molar-refractivity contribution >= 4 is 17.5 Å². The van der Waals surface area contributed by atoms with Crippen molar-refractivity contribution in [3.63, 3.8) is 0 Å². The molecule has 0 saturated carbocycles. The second-order valence-electron chi connectivity index (χ2n) is 6.56. The molecule has 3 aromatic rings. The van der Waals surface area contributed by atoms with Crippen LogP contribution >= 0.6 is 0 Å². The van der Waals surface area contributed by atoms with Crippen LogP contribution in [0.15, 0.2) is 48.5 Å². The molecule has 0 saturated heterocycles. The summed E-state index contributed by atoms with van der Waals surface area (Å²) >= 11 is 0. The highest BCUT2D eigenvalue weighted by molar-refractivity contribution is 5.87. The molecule has 0 fully saturated rings. The molecule has 0 radical (unpaired) electrons. The minimum atomic E-state index is -0.929. The zero-order chi connectivity index (χ0) is 18.3. The second-order valence-corrected chi connectivity index (χ2v) is 6.56. The Hall–Kier alpha value is -3.28. The Morgan fingerprint density at radius 1 is 1.19 bits per heavy atom. The summed E-state index contributed by atoms with van der Waals surface area (Å²) in [5.41, 5.74) is 5.49. The van der Waals surface area contributed by atoms with Crippen LogP contribution in [0.5, 0.6) is 0 Å². The van der Waals surface area contributed by atoms with Crippen molar-refractivity contribution in [2.24, 2.45) is 0 Å². The fraction of sp³-hybridized carbons (Fsp3) is 0.200. The van der Waals surface area contributed by atoms with Gasteiger partial charge in [-0.25, -0.2) is 9.48 Å². The Bertz CT molecular complexity index is 974. The molecule has 6 heteroatoms. The van der Waals surface area contributed by atoms with E-state index in [-0.39, 0.29) is 5.56 Å². The largest absolute Gasteiger partial charge is 0.478 e. The number of aromatic carboxylic acids is 1. The molecule has 0 aliphatic carbocycles. The molecule has 1 aliphatic heterocycles.